The Balaban J connectivity index is 1.82. The van der Waals surface area contributed by atoms with Crippen LogP contribution in [0.5, 0.6) is 0 Å². The summed E-state index contributed by atoms with van der Waals surface area (Å²) < 4.78 is 1.21. The van der Waals surface area contributed by atoms with Crippen LogP contribution in [0.4, 0.5) is 5.69 Å². The van der Waals surface area contributed by atoms with Crippen LogP contribution in [0.3, 0.4) is 0 Å². The normalized spacial score (nSPS) is 16.7. The molecule has 1 aromatic carbocycles. The number of nitrogens with one attached hydrogen (secondary N) is 2. The molecule has 3 rings (SSSR count). The highest BCUT2D eigenvalue weighted by Crippen LogP contribution is 2.46. The van der Waals surface area contributed by atoms with Gasteiger partial charge in [-0.3, -0.25) is 4.79 Å². The molecule has 1 aliphatic rings. The van der Waals surface area contributed by atoms with Gasteiger partial charge in [-0.1, -0.05) is 18.2 Å². The second kappa shape index (κ2) is 4.37. The van der Waals surface area contributed by atoms with Crippen LogP contribution in [-0.2, 0) is 4.79 Å². The van der Waals surface area contributed by atoms with Crippen molar-refractivity contribution in [1.29, 1.82) is 0 Å². The van der Waals surface area contributed by atoms with E-state index < -0.39 is 0 Å². The zero-order valence-corrected chi connectivity index (χ0v) is 11.1. The Morgan fingerprint density at radius 1 is 1.39 bits per heavy atom. The predicted molar refractivity (Wildman–Crippen MR) is 76.0 cm³/mol. The number of fused-ring (bicyclic) bond motifs is 1. The van der Waals surface area contributed by atoms with Crippen molar-refractivity contribution in [2.24, 2.45) is 5.41 Å². The summed E-state index contributed by atoms with van der Waals surface area (Å²) in [7, 11) is 1.90. The maximum Gasteiger partial charge on any atom is 0.231 e. The molecule has 0 spiro atoms. The number of amides is 1. The molecule has 0 aliphatic heterocycles. The minimum atomic E-state index is -0.169. The first-order chi connectivity index (χ1) is 8.75. The Morgan fingerprint density at radius 3 is 2.89 bits per heavy atom. The first kappa shape index (κ1) is 11.7. The lowest BCUT2D eigenvalue weighted by Gasteiger charge is -2.14. The van der Waals surface area contributed by atoms with E-state index in [4.69, 9.17) is 0 Å². The van der Waals surface area contributed by atoms with Crippen LogP contribution in [-0.4, -0.2) is 19.5 Å². The topological polar surface area (TPSA) is 41.1 Å². The van der Waals surface area contributed by atoms with Gasteiger partial charge in [0.05, 0.1) is 11.1 Å². The highest BCUT2D eigenvalue weighted by Gasteiger charge is 2.49. The van der Waals surface area contributed by atoms with E-state index in [1.54, 1.807) is 11.3 Å². The lowest BCUT2D eigenvalue weighted by molar-refractivity contribution is -0.120. The number of rotatable bonds is 4. The van der Waals surface area contributed by atoms with Gasteiger partial charge in [0.1, 0.15) is 0 Å². The number of benzene rings is 1. The number of hydrogen-bond donors (Lipinski definition) is 2. The van der Waals surface area contributed by atoms with Crippen molar-refractivity contribution >= 4 is 33.0 Å². The molecule has 1 fully saturated rings. The highest BCUT2D eigenvalue weighted by atomic mass is 32.1. The lowest BCUT2D eigenvalue weighted by atomic mass is 10.1. The number of carbonyl (C=O) groups is 1. The Morgan fingerprint density at radius 2 is 2.17 bits per heavy atom. The van der Waals surface area contributed by atoms with Gasteiger partial charge >= 0.3 is 0 Å². The first-order valence-corrected chi connectivity index (χ1v) is 7.05. The molecular formula is C14H16N2OS. The predicted octanol–water partition coefficient (Wildman–Crippen LogP) is 2.84. The molecule has 1 aliphatic carbocycles. The molecule has 2 N–H and O–H groups in total. The number of anilines is 1. The standard InChI is InChI=1S/C14H16N2OS/c1-15-9-14(6-7-14)13(17)16-11-8-18-12-5-3-2-4-10(11)12/h2-5,8,15H,6-7,9H2,1H3,(H,16,17). The molecule has 18 heavy (non-hydrogen) atoms. The molecule has 1 amide bonds. The highest BCUT2D eigenvalue weighted by molar-refractivity contribution is 7.17. The summed E-state index contributed by atoms with van der Waals surface area (Å²) in [6.45, 7) is 0.765. The van der Waals surface area contributed by atoms with E-state index in [-0.39, 0.29) is 11.3 Å². The van der Waals surface area contributed by atoms with E-state index in [0.29, 0.717) is 0 Å². The van der Waals surface area contributed by atoms with E-state index in [9.17, 15) is 4.79 Å². The number of thiophene rings is 1. The molecule has 0 atom stereocenters. The van der Waals surface area contributed by atoms with Crippen molar-refractivity contribution in [2.75, 3.05) is 18.9 Å². The van der Waals surface area contributed by atoms with Gasteiger partial charge in [-0.25, -0.2) is 0 Å². The molecule has 0 bridgehead atoms. The fraction of sp³-hybridized carbons (Fsp3) is 0.357. The third-order valence-electron chi connectivity index (χ3n) is 3.58. The second-order valence-corrected chi connectivity index (χ2v) is 5.82. The smallest absolute Gasteiger partial charge is 0.231 e. The number of hydrogen-bond acceptors (Lipinski definition) is 3. The maximum atomic E-state index is 12.3. The summed E-state index contributed by atoms with van der Waals surface area (Å²) in [6, 6.07) is 8.16. The van der Waals surface area contributed by atoms with Gasteiger partial charge in [-0.15, -0.1) is 11.3 Å². The molecule has 1 aromatic heterocycles. The molecule has 3 nitrogen and oxygen atoms in total. The Hall–Kier alpha value is -1.39. The van der Waals surface area contributed by atoms with Crippen molar-refractivity contribution in [3.8, 4) is 0 Å². The Bertz CT molecular complexity index is 586. The first-order valence-electron chi connectivity index (χ1n) is 6.17. The summed E-state index contributed by atoms with van der Waals surface area (Å²) in [5.74, 6) is 0.153. The van der Waals surface area contributed by atoms with Gasteiger partial charge in [0.25, 0.3) is 0 Å². The van der Waals surface area contributed by atoms with Crippen LogP contribution in [0, 0.1) is 5.41 Å². The summed E-state index contributed by atoms with van der Waals surface area (Å²) in [5.41, 5.74) is 0.778. The zero-order chi connectivity index (χ0) is 12.6. The molecule has 1 saturated carbocycles. The van der Waals surface area contributed by atoms with Crippen molar-refractivity contribution < 1.29 is 4.79 Å². The third kappa shape index (κ3) is 1.91. The summed E-state index contributed by atoms with van der Waals surface area (Å²) in [5, 5.41) is 9.36. The average Bonchev–Trinajstić information content (AvgIpc) is 3.06. The Labute approximate surface area is 110 Å². The minimum Gasteiger partial charge on any atom is -0.324 e. The maximum absolute atomic E-state index is 12.3. The van der Waals surface area contributed by atoms with Gasteiger partial charge in [0.15, 0.2) is 0 Å². The van der Waals surface area contributed by atoms with Gasteiger partial charge in [0.2, 0.25) is 5.91 Å². The van der Waals surface area contributed by atoms with Crippen LogP contribution in [0.1, 0.15) is 12.8 Å². The van der Waals surface area contributed by atoms with Gasteiger partial charge < -0.3 is 10.6 Å². The van der Waals surface area contributed by atoms with Crippen molar-refractivity contribution in [2.45, 2.75) is 12.8 Å². The fourth-order valence-corrected chi connectivity index (χ4v) is 3.20. The fourth-order valence-electron chi connectivity index (χ4n) is 2.30. The van der Waals surface area contributed by atoms with Crippen molar-refractivity contribution in [3.05, 3.63) is 29.6 Å². The molecule has 2 aromatic rings. The van der Waals surface area contributed by atoms with Crippen LogP contribution >= 0.6 is 11.3 Å². The van der Waals surface area contributed by atoms with E-state index >= 15 is 0 Å². The van der Waals surface area contributed by atoms with E-state index in [0.717, 1.165) is 30.5 Å². The van der Waals surface area contributed by atoms with Gasteiger partial charge in [-0.05, 0) is 26.0 Å². The summed E-state index contributed by atoms with van der Waals surface area (Å²) in [6.07, 6.45) is 1.98. The average molecular weight is 260 g/mol. The lowest BCUT2D eigenvalue weighted by Crippen LogP contribution is -2.32. The SMILES string of the molecule is CNCC1(C(=O)Nc2csc3ccccc23)CC1. The van der Waals surface area contributed by atoms with E-state index in [1.165, 1.54) is 4.70 Å². The molecule has 94 valence electrons. The van der Waals surface area contributed by atoms with E-state index in [1.807, 2.05) is 24.6 Å². The minimum absolute atomic E-state index is 0.153. The van der Waals surface area contributed by atoms with E-state index in [2.05, 4.69) is 22.8 Å². The van der Waals surface area contributed by atoms with Crippen molar-refractivity contribution in [1.82, 2.24) is 5.32 Å². The largest absolute Gasteiger partial charge is 0.324 e. The number of carbonyl (C=O) groups excluding carboxylic acids is 1. The van der Waals surface area contributed by atoms with Crippen LogP contribution in [0.2, 0.25) is 0 Å². The van der Waals surface area contributed by atoms with Crippen LogP contribution < -0.4 is 10.6 Å². The molecule has 1 heterocycles. The second-order valence-electron chi connectivity index (χ2n) is 4.91. The van der Waals surface area contributed by atoms with Crippen LogP contribution in [0.25, 0.3) is 10.1 Å². The molecule has 0 unspecified atom stereocenters. The van der Waals surface area contributed by atoms with Crippen molar-refractivity contribution in [3.63, 3.8) is 0 Å². The molecule has 0 radical (unpaired) electrons. The quantitative estimate of drug-likeness (QED) is 0.887. The van der Waals surface area contributed by atoms with Gasteiger partial charge in [-0.2, -0.15) is 0 Å². The van der Waals surface area contributed by atoms with Gasteiger partial charge in [0, 0.05) is 22.0 Å². The van der Waals surface area contributed by atoms with Crippen LogP contribution in [0.15, 0.2) is 29.6 Å². The Kier molecular flexibility index (Phi) is 2.84. The molecular weight excluding hydrogens is 244 g/mol. The summed E-state index contributed by atoms with van der Waals surface area (Å²) in [4.78, 5) is 12.3. The molecule has 0 saturated heterocycles. The summed E-state index contributed by atoms with van der Waals surface area (Å²) >= 11 is 1.67. The molecule has 4 heteroatoms. The zero-order valence-electron chi connectivity index (χ0n) is 10.3. The third-order valence-corrected chi connectivity index (χ3v) is 4.54. The monoisotopic (exact) mass is 260 g/mol.